The van der Waals surface area contributed by atoms with Gasteiger partial charge in [0.15, 0.2) is 0 Å². The Morgan fingerprint density at radius 2 is 1.87 bits per heavy atom. The molecule has 170 valence electrons. The fraction of sp³-hybridized carbons (Fsp3) is 0.522. The van der Waals surface area contributed by atoms with Crippen LogP contribution in [0.2, 0.25) is 0 Å². The lowest BCUT2D eigenvalue weighted by Gasteiger charge is -2.33. The van der Waals surface area contributed by atoms with Gasteiger partial charge in [-0.25, -0.2) is 9.59 Å². The lowest BCUT2D eigenvalue weighted by molar-refractivity contribution is -0.178. The number of allylic oxidation sites excluding steroid dienone is 3. The van der Waals surface area contributed by atoms with Gasteiger partial charge in [-0.15, -0.1) is 0 Å². The molecule has 0 spiro atoms. The van der Waals surface area contributed by atoms with Crippen LogP contribution in [0.3, 0.4) is 0 Å². The quantitative estimate of drug-likeness (QED) is 0.531. The lowest BCUT2D eigenvalue weighted by atomic mass is 9.86. The van der Waals surface area contributed by atoms with Gasteiger partial charge in [0.2, 0.25) is 5.79 Å². The third-order valence-corrected chi connectivity index (χ3v) is 5.42. The molecule has 31 heavy (non-hydrogen) atoms. The van der Waals surface area contributed by atoms with Crippen molar-refractivity contribution in [3.05, 3.63) is 47.3 Å². The van der Waals surface area contributed by atoms with Gasteiger partial charge in [0.25, 0.3) is 0 Å². The minimum absolute atomic E-state index is 0.131. The number of ketones is 1. The summed E-state index contributed by atoms with van der Waals surface area (Å²) < 4.78 is 21.4. The van der Waals surface area contributed by atoms with E-state index in [2.05, 4.69) is 6.58 Å². The summed E-state index contributed by atoms with van der Waals surface area (Å²) in [5, 5.41) is 10.8. The number of carbonyl (C=O) groups excluding carboxylic acids is 3. The van der Waals surface area contributed by atoms with E-state index in [0.29, 0.717) is 6.42 Å². The number of hydrogen-bond donors (Lipinski definition) is 1. The number of esters is 2. The van der Waals surface area contributed by atoms with Gasteiger partial charge in [-0.1, -0.05) is 18.2 Å². The monoisotopic (exact) mass is 434 g/mol. The van der Waals surface area contributed by atoms with Crippen LogP contribution in [0.4, 0.5) is 0 Å². The second-order valence-electron chi connectivity index (χ2n) is 8.11. The Bertz CT molecular complexity index is 861. The molecule has 8 nitrogen and oxygen atoms in total. The average Bonchev–Trinajstić information content (AvgIpc) is 3.05. The van der Waals surface area contributed by atoms with E-state index in [1.165, 1.54) is 40.4 Å². The number of ether oxygens (including phenoxy) is 4. The Hall–Kier alpha value is -2.71. The van der Waals surface area contributed by atoms with Gasteiger partial charge in [0, 0.05) is 31.9 Å². The van der Waals surface area contributed by atoms with Gasteiger partial charge in [0.1, 0.15) is 17.1 Å². The first-order valence-corrected chi connectivity index (χ1v) is 9.91. The molecule has 0 aromatic heterocycles. The molecule has 2 rings (SSSR count). The maximum absolute atomic E-state index is 12.6. The van der Waals surface area contributed by atoms with Crippen LogP contribution < -0.4 is 0 Å². The summed E-state index contributed by atoms with van der Waals surface area (Å²) in [6.45, 7) is 7.28. The second kappa shape index (κ2) is 9.62. The zero-order valence-electron chi connectivity index (χ0n) is 18.6. The van der Waals surface area contributed by atoms with Crippen molar-refractivity contribution in [3.8, 4) is 0 Å². The highest BCUT2D eigenvalue weighted by Gasteiger charge is 2.48. The molecule has 0 amide bonds. The Balaban J connectivity index is 2.63. The van der Waals surface area contributed by atoms with E-state index >= 15 is 0 Å². The highest BCUT2D eigenvalue weighted by atomic mass is 16.7. The molecule has 2 heterocycles. The molecule has 1 N–H and O–H groups in total. The van der Waals surface area contributed by atoms with E-state index in [1.54, 1.807) is 6.08 Å². The molecule has 0 fully saturated rings. The van der Waals surface area contributed by atoms with Gasteiger partial charge in [-0.3, -0.25) is 4.79 Å². The molecule has 3 atom stereocenters. The van der Waals surface area contributed by atoms with Crippen molar-refractivity contribution in [3.63, 3.8) is 0 Å². The number of methoxy groups -OCH3 is 3. The van der Waals surface area contributed by atoms with Gasteiger partial charge in [0.05, 0.1) is 19.8 Å². The largest absolute Gasteiger partial charge is 0.466 e. The third-order valence-electron chi connectivity index (χ3n) is 5.42. The maximum Gasteiger partial charge on any atom is 0.340 e. The molecule has 3 unspecified atom stereocenters. The van der Waals surface area contributed by atoms with Crippen molar-refractivity contribution in [2.45, 2.75) is 50.9 Å². The molecule has 0 aromatic rings. The van der Waals surface area contributed by atoms with E-state index < -0.39 is 23.3 Å². The van der Waals surface area contributed by atoms with E-state index in [1.807, 2.05) is 6.92 Å². The summed E-state index contributed by atoms with van der Waals surface area (Å²) >= 11 is 0. The van der Waals surface area contributed by atoms with Crippen LogP contribution >= 0.6 is 0 Å². The highest BCUT2D eigenvalue weighted by molar-refractivity contribution is 5.96. The van der Waals surface area contributed by atoms with Crippen molar-refractivity contribution >= 4 is 17.7 Å². The minimum atomic E-state index is -1.59. The Morgan fingerprint density at radius 1 is 1.23 bits per heavy atom. The van der Waals surface area contributed by atoms with Crippen molar-refractivity contribution < 1.29 is 38.4 Å². The topological polar surface area (TPSA) is 108 Å². The predicted molar refractivity (Wildman–Crippen MR) is 112 cm³/mol. The second-order valence-corrected chi connectivity index (χ2v) is 8.11. The van der Waals surface area contributed by atoms with E-state index in [9.17, 15) is 19.5 Å². The number of rotatable bonds is 4. The standard InChI is InChI=1S/C23H30O8/c1-14(2)16-8-7-15(20(25)28-4)9-17(24)12-22(3,27)13-18-10-19(21(26)29-5)23(11-16,30-6)31-18/h7,10,13,16,27H,1,8-9,11-12H2,2-6H3/b15-7+,18-13-. The molecule has 0 saturated carbocycles. The number of fused-ring (bicyclic) bond motifs is 2. The number of Topliss-reactive ketones (excluding diaryl/α,β-unsaturated/α-hetero) is 1. The molecular weight excluding hydrogens is 404 g/mol. The summed E-state index contributed by atoms with van der Waals surface area (Å²) in [6, 6.07) is 0. The van der Waals surface area contributed by atoms with E-state index in [4.69, 9.17) is 18.9 Å². The Morgan fingerprint density at radius 3 is 2.42 bits per heavy atom. The molecule has 0 aromatic carbocycles. The zero-order valence-corrected chi connectivity index (χ0v) is 18.6. The van der Waals surface area contributed by atoms with E-state index in [-0.39, 0.29) is 47.9 Å². The summed E-state index contributed by atoms with van der Waals surface area (Å²) in [6.07, 6.45) is 4.52. The summed E-state index contributed by atoms with van der Waals surface area (Å²) in [4.78, 5) is 37.3. The average molecular weight is 434 g/mol. The summed E-state index contributed by atoms with van der Waals surface area (Å²) in [5.74, 6) is -3.16. The number of hydrogen-bond acceptors (Lipinski definition) is 8. The van der Waals surface area contributed by atoms with Crippen LogP contribution in [-0.4, -0.2) is 55.5 Å². The highest BCUT2D eigenvalue weighted by Crippen LogP contribution is 2.42. The van der Waals surface area contributed by atoms with Crippen LogP contribution in [0, 0.1) is 5.92 Å². The van der Waals surface area contributed by atoms with Crippen LogP contribution in [0.5, 0.6) is 0 Å². The molecule has 0 aliphatic carbocycles. The Kier molecular flexibility index (Phi) is 7.62. The predicted octanol–water partition coefficient (Wildman–Crippen LogP) is 2.53. The fourth-order valence-corrected chi connectivity index (χ4v) is 3.77. The van der Waals surface area contributed by atoms with Crippen molar-refractivity contribution in [2.75, 3.05) is 21.3 Å². The smallest absolute Gasteiger partial charge is 0.340 e. The van der Waals surface area contributed by atoms with Crippen LogP contribution in [0.25, 0.3) is 0 Å². The van der Waals surface area contributed by atoms with Gasteiger partial charge in [-0.2, -0.15) is 0 Å². The normalized spacial score (nSPS) is 32.5. The first-order chi connectivity index (χ1) is 14.5. The maximum atomic E-state index is 12.6. The lowest BCUT2D eigenvalue weighted by Crippen LogP contribution is -2.39. The molecule has 2 aliphatic heterocycles. The summed E-state index contributed by atoms with van der Waals surface area (Å²) in [5.41, 5.74) is -0.485. The molecule has 0 radical (unpaired) electrons. The van der Waals surface area contributed by atoms with Crippen LogP contribution in [0.15, 0.2) is 47.3 Å². The Labute approximate surface area is 182 Å². The van der Waals surface area contributed by atoms with Gasteiger partial charge >= 0.3 is 11.9 Å². The molecule has 0 saturated heterocycles. The van der Waals surface area contributed by atoms with Crippen molar-refractivity contribution in [2.24, 2.45) is 5.92 Å². The number of aliphatic hydroxyl groups is 1. The number of carbonyl (C=O) groups is 3. The third kappa shape index (κ3) is 5.71. The first kappa shape index (κ1) is 24.6. The zero-order chi connectivity index (χ0) is 23.4. The van der Waals surface area contributed by atoms with Gasteiger partial charge < -0.3 is 24.1 Å². The SMILES string of the molecule is C=C(C)C1C/C=C(/C(=O)OC)CC(=O)CC(C)(O)/C=C2/C=C(C(=O)OC)C(OC)(C1)O2. The minimum Gasteiger partial charge on any atom is -0.466 e. The molecule has 8 heteroatoms. The first-order valence-electron chi connectivity index (χ1n) is 9.91. The van der Waals surface area contributed by atoms with Gasteiger partial charge in [-0.05, 0) is 38.3 Å². The summed E-state index contributed by atoms with van der Waals surface area (Å²) in [7, 11) is 3.90. The van der Waals surface area contributed by atoms with Crippen LogP contribution in [0.1, 0.15) is 39.5 Å². The fourth-order valence-electron chi connectivity index (χ4n) is 3.77. The molecule has 2 bridgehead atoms. The van der Waals surface area contributed by atoms with Crippen molar-refractivity contribution in [1.82, 2.24) is 0 Å². The van der Waals surface area contributed by atoms with E-state index in [0.717, 1.165) is 5.57 Å². The van der Waals surface area contributed by atoms with Crippen LogP contribution in [-0.2, 0) is 33.3 Å². The van der Waals surface area contributed by atoms with Crippen molar-refractivity contribution in [1.29, 1.82) is 0 Å². The molecule has 2 aliphatic rings. The molecular formula is C23H30O8.